The van der Waals surface area contributed by atoms with Crippen molar-refractivity contribution in [2.75, 3.05) is 0 Å². The Morgan fingerprint density at radius 2 is 0.970 bits per heavy atom. The highest BCUT2D eigenvalue weighted by atomic mass is 32.3. The summed E-state index contributed by atoms with van der Waals surface area (Å²) in [6.45, 7) is 0. The summed E-state index contributed by atoms with van der Waals surface area (Å²) in [6, 6.07) is 17.1. The fourth-order valence-corrected chi connectivity index (χ4v) is 8.25. The van der Waals surface area contributed by atoms with Crippen LogP contribution in [0, 0.1) is 20.2 Å². The van der Waals surface area contributed by atoms with Gasteiger partial charge >= 0.3 is 0 Å². The van der Waals surface area contributed by atoms with Crippen LogP contribution in [0.5, 0.6) is 0 Å². The van der Waals surface area contributed by atoms with Gasteiger partial charge < -0.3 is 0 Å². The zero-order valence-corrected chi connectivity index (χ0v) is 18.6. The maximum Gasteiger partial charge on any atom is 0.269 e. The number of non-ortho nitro benzene ring substituents is 2. The molecule has 0 unspecified atom stereocenters. The van der Waals surface area contributed by atoms with E-state index in [2.05, 4.69) is 0 Å². The second-order valence-corrected chi connectivity index (χ2v) is 11.7. The van der Waals surface area contributed by atoms with Crippen molar-refractivity contribution in [3.8, 4) is 0 Å². The van der Waals surface area contributed by atoms with Gasteiger partial charge in [0.25, 0.3) is 11.4 Å². The van der Waals surface area contributed by atoms with Crippen LogP contribution in [0.3, 0.4) is 0 Å². The molecule has 0 N–H and O–H groups in total. The molecule has 0 amide bonds. The van der Waals surface area contributed by atoms with E-state index in [1.807, 2.05) is 0 Å². The molecule has 0 radical (unpaired) electrons. The highest BCUT2D eigenvalue weighted by Crippen LogP contribution is 2.34. The first kappa shape index (κ1) is 24.0. The van der Waals surface area contributed by atoms with Crippen LogP contribution < -0.4 is 0 Å². The zero-order chi connectivity index (χ0) is 24.2. The summed E-state index contributed by atoms with van der Waals surface area (Å²) in [6.07, 6.45) is 0. The number of rotatable bonds is 9. The van der Waals surface area contributed by atoms with Gasteiger partial charge in [-0.05, 0) is 16.7 Å². The van der Waals surface area contributed by atoms with E-state index in [-0.39, 0.29) is 28.1 Å². The summed E-state index contributed by atoms with van der Waals surface area (Å²) >= 11 is 0. The monoisotopic (exact) mass is 490 g/mol. The molecular formula is C21H18N2O8S2. The summed E-state index contributed by atoms with van der Waals surface area (Å²) < 4.78 is 51.3. The Morgan fingerprint density at radius 3 is 1.30 bits per heavy atom. The van der Waals surface area contributed by atoms with E-state index in [0.717, 1.165) is 24.3 Å². The quantitative estimate of drug-likeness (QED) is 0.324. The van der Waals surface area contributed by atoms with Crippen LogP contribution in [0.4, 0.5) is 11.4 Å². The minimum Gasteiger partial charge on any atom is -0.258 e. The molecule has 0 aliphatic heterocycles. The van der Waals surface area contributed by atoms with Gasteiger partial charge in [0.2, 0.25) is 0 Å². The lowest BCUT2D eigenvalue weighted by Crippen LogP contribution is -2.25. The Morgan fingerprint density at radius 1 is 0.606 bits per heavy atom. The number of benzene rings is 3. The van der Waals surface area contributed by atoms with Crippen molar-refractivity contribution in [3.63, 3.8) is 0 Å². The van der Waals surface area contributed by atoms with E-state index in [4.69, 9.17) is 0 Å². The van der Waals surface area contributed by atoms with Gasteiger partial charge in [0.1, 0.15) is 0 Å². The van der Waals surface area contributed by atoms with Crippen molar-refractivity contribution < 1.29 is 26.7 Å². The summed E-state index contributed by atoms with van der Waals surface area (Å²) in [5.41, 5.74) is 0.0172. The highest BCUT2D eigenvalue weighted by Gasteiger charge is 2.39. The molecule has 0 spiro atoms. The maximum absolute atomic E-state index is 13.3. The first-order valence-corrected chi connectivity index (χ1v) is 12.9. The molecule has 0 bridgehead atoms. The predicted octanol–water partition coefficient (Wildman–Crippen LogP) is 3.73. The Balaban J connectivity index is 1.98. The Hall–Kier alpha value is -3.64. The predicted molar refractivity (Wildman–Crippen MR) is 121 cm³/mol. The third-order valence-electron chi connectivity index (χ3n) is 4.75. The molecule has 172 valence electrons. The first-order valence-electron chi connectivity index (χ1n) is 9.44. The van der Waals surface area contributed by atoms with Crippen LogP contribution in [0.1, 0.15) is 21.3 Å². The second-order valence-electron chi connectivity index (χ2n) is 7.20. The van der Waals surface area contributed by atoms with Crippen LogP contribution in [0.25, 0.3) is 0 Å². The fraction of sp³-hybridized carbons (Fsp3) is 0.143. The van der Waals surface area contributed by atoms with Crippen LogP contribution in [0.2, 0.25) is 0 Å². The lowest BCUT2D eigenvalue weighted by atomic mass is 10.2. The van der Waals surface area contributed by atoms with Crippen molar-refractivity contribution in [2.45, 2.75) is 16.1 Å². The van der Waals surface area contributed by atoms with E-state index in [1.165, 1.54) is 48.5 Å². The number of nitrogens with zero attached hydrogens (tertiary/aromatic N) is 2. The highest BCUT2D eigenvalue weighted by molar-refractivity contribution is 8.07. The number of nitro groups is 2. The van der Waals surface area contributed by atoms with Crippen LogP contribution in [-0.4, -0.2) is 26.7 Å². The van der Waals surface area contributed by atoms with Gasteiger partial charge in [-0.1, -0.05) is 54.6 Å². The molecule has 0 heterocycles. The van der Waals surface area contributed by atoms with Crippen molar-refractivity contribution in [3.05, 3.63) is 116 Å². The minimum atomic E-state index is -4.33. The summed E-state index contributed by atoms with van der Waals surface area (Å²) in [7, 11) is -8.65. The smallest absolute Gasteiger partial charge is 0.258 e. The molecular weight excluding hydrogens is 472 g/mol. The van der Waals surface area contributed by atoms with Crippen LogP contribution in [0.15, 0.2) is 78.9 Å². The van der Waals surface area contributed by atoms with Crippen LogP contribution in [-0.2, 0) is 31.2 Å². The topological polar surface area (TPSA) is 155 Å². The average Bonchev–Trinajstić information content (AvgIpc) is 2.74. The lowest BCUT2D eigenvalue weighted by molar-refractivity contribution is -0.385. The van der Waals surface area contributed by atoms with Crippen molar-refractivity contribution in [2.24, 2.45) is 0 Å². The van der Waals surface area contributed by atoms with Gasteiger partial charge in [-0.25, -0.2) is 16.8 Å². The van der Waals surface area contributed by atoms with E-state index < -0.39 is 45.6 Å². The Bertz CT molecular complexity index is 1280. The van der Waals surface area contributed by atoms with E-state index >= 15 is 0 Å². The van der Waals surface area contributed by atoms with Gasteiger partial charge in [0.05, 0.1) is 21.4 Å². The number of nitro benzene ring substituents is 2. The summed E-state index contributed by atoms with van der Waals surface area (Å²) in [5.74, 6) is -1.30. The lowest BCUT2D eigenvalue weighted by Gasteiger charge is -2.19. The molecule has 33 heavy (non-hydrogen) atoms. The molecule has 3 aromatic carbocycles. The molecule has 0 fully saturated rings. The van der Waals surface area contributed by atoms with Gasteiger partial charge in [-0.2, -0.15) is 0 Å². The molecule has 0 saturated carbocycles. The maximum atomic E-state index is 13.3. The zero-order valence-electron chi connectivity index (χ0n) is 17.0. The van der Waals surface area contributed by atoms with Gasteiger partial charge in [0.15, 0.2) is 24.3 Å². The minimum absolute atomic E-state index is 0.0568. The average molecular weight is 491 g/mol. The third-order valence-corrected chi connectivity index (χ3v) is 9.83. The Kier molecular flexibility index (Phi) is 6.89. The fourth-order valence-electron chi connectivity index (χ4n) is 3.29. The standard InChI is InChI=1S/C21H18N2O8S2/c24-22(25)19-10-6-16(7-11-19)14-32(28,29)21(18-4-2-1-3-5-18)33(30,31)15-17-8-12-20(13-9-17)23(26)27/h1-13,21H,14-15H2. The van der Waals surface area contributed by atoms with Crippen molar-refractivity contribution >= 4 is 31.0 Å². The summed E-state index contributed by atoms with van der Waals surface area (Å²) in [4.78, 5) is 20.4. The van der Waals surface area contributed by atoms with Crippen LogP contribution >= 0.6 is 0 Å². The molecule has 3 aromatic rings. The Labute approximate surface area is 189 Å². The van der Waals surface area contributed by atoms with Gasteiger partial charge in [0, 0.05) is 24.3 Å². The first-order chi connectivity index (χ1) is 15.5. The number of sulfone groups is 2. The number of hydrogen-bond donors (Lipinski definition) is 0. The molecule has 0 aliphatic rings. The van der Waals surface area contributed by atoms with E-state index in [9.17, 15) is 37.1 Å². The normalized spacial score (nSPS) is 11.9. The van der Waals surface area contributed by atoms with Crippen molar-refractivity contribution in [1.29, 1.82) is 0 Å². The molecule has 0 aliphatic carbocycles. The van der Waals surface area contributed by atoms with Gasteiger partial charge in [-0.3, -0.25) is 20.2 Å². The van der Waals surface area contributed by atoms with Gasteiger partial charge in [-0.15, -0.1) is 0 Å². The largest absolute Gasteiger partial charge is 0.269 e. The SMILES string of the molecule is O=[N+]([O-])c1ccc(CS(=O)(=O)C(c2ccccc2)S(=O)(=O)Cc2ccc([N+](=O)[O-])cc2)cc1. The van der Waals surface area contributed by atoms with Crippen molar-refractivity contribution in [1.82, 2.24) is 0 Å². The third kappa shape index (κ3) is 5.79. The summed E-state index contributed by atoms with van der Waals surface area (Å²) in [5, 5.41) is 21.6. The number of hydrogen-bond acceptors (Lipinski definition) is 8. The molecule has 12 heteroatoms. The molecule has 3 rings (SSSR count). The molecule has 0 atom stereocenters. The van der Waals surface area contributed by atoms with E-state index in [1.54, 1.807) is 6.07 Å². The molecule has 0 saturated heterocycles. The molecule has 0 aromatic heterocycles. The molecule has 10 nitrogen and oxygen atoms in total. The van der Waals surface area contributed by atoms with E-state index in [0.29, 0.717) is 0 Å². The second kappa shape index (κ2) is 9.46.